The van der Waals surface area contributed by atoms with Crippen molar-refractivity contribution in [2.45, 2.75) is 33.4 Å². The van der Waals surface area contributed by atoms with Crippen molar-refractivity contribution in [2.75, 3.05) is 18.0 Å². The molecule has 4 rings (SSSR count). The van der Waals surface area contributed by atoms with E-state index in [9.17, 15) is 4.79 Å². The van der Waals surface area contributed by atoms with Crippen molar-refractivity contribution in [2.24, 2.45) is 0 Å². The summed E-state index contributed by atoms with van der Waals surface area (Å²) < 4.78 is 0. The van der Waals surface area contributed by atoms with Crippen LogP contribution in [0.5, 0.6) is 0 Å². The van der Waals surface area contributed by atoms with Crippen molar-refractivity contribution >= 4 is 22.5 Å². The Bertz CT molecular complexity index is 998. The Morgan fingerprint density at radius 3 is 2.67 bits per heavy atom. The number of rotatable bonds is 3. The van der Waals surface area contributed by atoms with E-state index in [2.05, 4.69) is 54.9 Å². The molecule has 1 aliphatic heterocycles. The average Bonchev–Trinajstić information content (AvgIpc) is 2.67. The zero-order valence-corrected chi connectivity index (χ0v) is 16.1. The smallest absolute Gasteiger partial charge is 0.241 e. The number of nitrogens with zero attached hydrogens (tertiary/aromatic N) is 3. The molecule has 0 radical (unpaired) electrons. The lowest BCUT2D eigenvalue weighted by atomic mass is 10.0. The highest BCUT2D eigenvalue weighted by molar-refractivity contribution is 5.96. The Hall–Kier alpha value is -2.72. The molecule has 1 aromatic heterocycles. The minimum atomic E-state index is 0.165. The van der Waals surface area contributed by atoms with Gasteiger partial charge in [0.25, 0.3) is 0 Å². The third kappa shape index (κ3) is 3.33. The van der Waals surface area contributed by atoms with Crippen molar-refractivity contribution in [1.29, 1.82) is 0 Å². The Morgan fingerprint density at radius 2 is 1.85 bits per heavy atom. The van der Waals surface area contributed by atoms with E-state index in [4.69, 9.17) is 0 Å². The number of carbonyl (C=O) groups is 1. The van der Waals surface area contributed by atoms with E-state index in [0.29, 0.717) is 13.1 Å². The predicted molar refractivity (Wildman–Crippen MR) is 110 cm³/mol. The second-order valence-corrected chi connectivity index (χ2v) is 7.48. The van der Waals surface area contributed by atoms with Gasteiger partial charge in [0.15, 0.2) is 0 Å². The molecule has 138 valence electrons. The van der Waals surface area contributed by atoms with Gasteiger partial charge in [-0.3, -0.25) is 14.7 Å². The van der Waals surface area contributed by atoms with Gasteiger partial charge < -0.3 is 4.90 Å². The lowest BCUT2D eigenvalue weighted by Crippen LogP contribution is -2.55. The molecule has 1 atom stereocenters. The van der Waals surface area contributed by atoms with Crippen molar-refractivity contribution in [3.63, 3.8) is 0 Å². The van der Waals surface area contributed by atoms with Crippen LogP contribution in [0, 0.1) is 13.8 Å². The summed E-state index contributed by atoms with van der Waals surface area (Å²) in [5.41, 5.74) is 5.69. The second kappa shape index (κ2) is 7.12. The minimum Gasteiger partial charge on any atom is -0.309 e. The van der Waals surface area contributed by atoms with Crippen LogP contribution in [0.4, 0.5) is 5.69 Å². The van der Waals surface area contributed by atoms with Gasteiger partial charge in [-0.05, 0) is 55.7 Å². The maximum atomic E-state index is 12.9. The number of hydrogen-bond acceptors (Lipinski definition) is 3. The first-order chi connectivity index (χ1) is 13.0. The van der Waals surface area contributed by atoms with Crippen molar-refractivity contribution in [3.05, 3.63) is 71.4 Å². The minimum absolute atomic E-state index is 0.165. The highest BCUT2D eigenvalue weighted by Gasteiger charge is 2.31. The molecule has 3 aromatic rings. The maximum absolute atomic E-state index is 12.9. The topological polar surface area (TPSA) is 36.4 Å². The normalized spacial score (nSPS) is 18.3. The van der Waals surface area contributed by atoms with E-state index in [1.807, 2.05) is 35.4 Å². The molecule has 0 bridgehead atoms. The molecule has 1 amide bonds. The Balaban J connectivity index is 1.60. The zero-order chi connectivity index (χ0) is 19.0. The summed E-state index contributed by atoms with van der Waals surface area (Å²) in [6.07, 6.45) is 1.83. The van der Waals surface area contributed by atoms with Crippen molar-refractivity contribution < 1.29 is 4.79 Å². The van der Waals surface area contributed by atoms with Gasteiger partial charge in [-0.15, -0.1) is 0 Å². The van der Waals surface area contributed by atoms with Gasteiger partial charge in [0.05, 0.1) is 12.1 Å². The van der Waals surface area contributed by atoms with Crippen LogP contribution >= 0.6 is 0 Å². The van der Waals surface area contributed by atoms with Gasteiger partial charge in [-0.25, -0.2) is 0 Å². The predicted octanol–water partition coefficient (Wildman–Crippen LogP) is 4.09. The number of amides is 1. The molecule has 0 spiro atoms. The van der Waals surface area contributed by atoms with Crippen LogP contribution in [0.25, 0.3) is 10.9 Å². The molecule has 1 aliphatic rings. The molecule has 27 heavy (non-hydrogen) atoms. The summed E-state index contributed by atoms with van der Waals surface area (Å²) in [6, 6.07) is 16.7. The molecule has 2 aromatic carbocycles. The first kappa shape index (κ1) is 17.7. The maximum Gasteiger partial charge on any atom is 0.241 e. The highest BCUT2D eigenvalue weighted by Crippen LogP contribution is 2.27. The molecule has 0 saturated carbocycles. The number of carbonyl (C=O) groups excluding carboxylic acids is 1. The summed E-state index contributed by atoms with van der Waals surface area (Å²) in [5, 5.41) is 1.18. The lowest BCUT2D eigenvalue weighted by molar-refractivity contribution is -0.122. The van der Waals surface area contributed by atoms with Crippen LogP contribution in [0.15, 0.2) is 54.7 Å². The van der Waals surface area contributed by atoms with Gasteiger partial charge in [0.1, 0.15) is 0 Å². The van der Waals surface area contributed by atoms with Crippen LogP contribution in [0.3, 0.4) is 0 Å². The van der Waals surface area contributed by atoms with E-state index < -0.39 is 0 Å². The first-order valence-electron chi connectivity index (χ1n) is 9.48. The molecule has 0 unspecified atom stereocenters. The summed E-state index contributed by atoms with van der Waals surface area (Å²) in [5.74, 6) is 0.165. The van der Waals surface area contributed by atoms with E-state index in [0.717, 1.165) is 23.3 Å². The number of anilines is 1. The zero-order valence-electron chi connectivity index (χ0n) is 16.1. The molecular weight excluding hydrogens is 334 g/mol. The quantitative estimate of drug-likeness (QED) is 0.707. The number of aromatic nitrogens is 1. The number of hydrogen-bond donors (Lipinski definition) is 0. The molecule has 0 aliphatic carbocycles. The first-order valence-corrected chi connectivity index (χ1v) is 9.48. The molecule has 0 N–H and O–H groups in total. The van der Waals surface area contributed by atoms with Gasteiger partial charge >= 0.3 is 0 Å². The summed E-state index contributed by atoms with van der Waals surface area (Å²) in [7, 11) is 0. The van der Waals surface area contributed by atoms with E-state index in [1.165, 1.54) is 16.5 Å². The summed E-state index contributed by atoms with van der Waals surface area (Å²) in [6.45, 7) is 8.32. The van der Waals surface area contributed by atoms with Gasteiger partial charge in [0.2, 0.25) is 5.91 Å². The Labute approximate surface area is 160 Å². The number of piperazine rings is 1. The fourth-order valence-corrected chi connectivity index (χ4v) is 3.94. The van der Waals surface area contributed by atoms with E-state index in [1.54, 1.807) is 0 Å². The fourth-order valence-electron chi connectivity index (χ4n) is 3.94. The number of pyridine rings is 1. The van der Waals surface area contributed by atoms with Crippen molar-refractivity contribution in [1.82, 2.24) is 9.88 Å². The summed E-state index contributed by atoms with van der Waals surface area (Å²) in [4.78, 5) is 21.6. The van der Waals surface area contributed by atoms with Crippen LogP contribution < -0.4 is 4.90 Å². The molecule has 1 fully saturated rings. The fraction of sp³-hybridized carbons (Fsp3) is 0.304. The van der Waals surface area contributed by atoms with Gasteiger partial charge in [-0.2, -0.15) is 0 Å². The van der Waals surface area contributed by atoms with Crippen molar-refractivity contribution in [3.8, 4) is 0 Å². The molecule has 4 nitrogen and oxygen atoms in total. The van der Waals surface area contributed by atoms with E-state index in [-0.39, 0.29) is 11.9 Å². The third-order valence-corrected chi connectivity index (χ3v) is 5.61. The van der Waals surface area contributed by atoms with Crippen LogP contribution in [0.2, 0.25) is 0 Å². The van der Waals surface area contributed by atoms with Gasteiger partial charge in [0, 0.05) is 36.4 Å². The summed E-state index contributed by atoms with van der Waals surface area (Å²) >= 11 is 0. The number of aryl methyl sites for hydroxylation is 2. The molecule has 4 heteroatoms. The van der Waals surface area contributed by atoms with Crippen LogP contribution in [-0.2, 0) is 11.3 Å². The molecular formula is C23H25N3O. The molecule has 1 saturated heterocycles. The standard InChI is InChI=1S/C23H25N3O/c1-16-10-11-21-19(8-6-12-24-21)20(16)14-25-15-23(27)26(13-18(25)3)22-9-5-4-7-17(22)2/h4-12,18H,13-15H2,1-3H3/t18-/m0/s1. The van der Waals surface area contributed by atoms with Crippen LogP contribution in [-0.4, -0.2) is 34.9 Å². The SMILES string of the molecule is Cc1ccccc1N1C[C@H](C)N(Cc2c(C)ccc3ncccc23)CC1=O. The molecule has 2 heterocycles. The number of para-hydroxylation sites is 1. The Morgan fingerprint density at radius 1 is 1.04 bits per heavy atom. The monoisotopic (exact) mass is 359 g/mol. The van der Waals surface area contributed by atoms with E-state index >= 15 is 0 Å². The number of fused-ring (bicyclic) bond motifs is 1. The average molecular weight is 359 g/mol. The second-order valence-electron chi connectivity index (χ2n) is 7.48. The lowest BCUT2D eigenvalue weighted by Gasteiger charge is -2.40. The number of benzene rings is 2. The van der Waals surface area contributed by atoms with Crippen LogP contribution in [0.1, 0.15) is 23.6 Å². The highest BCUT2D eigenvalue weighted by atomic mass is 16.2. The third-order valence-electron chi connectivity index (χ3n) is 5.61. The largest absolute Gasteiger partial charge is 0.309 e. The Kier molecular flexibility index (Phi) is 4.66. The van der Waals surface area contributed by atoms with Gasteiger partial charge in [-0.1, -0.05) is 30.3 Å².